The number of hydrogen-bond acceptors (Lipinski definition) is 5. The van der Waals surface area contributed by atoms with Gasteiger partial charge in [-0.3, -0.25) is 4.79 Å². The molecule has 3 aromatic rings. The maximum Gasteiger partial charge on any atom is 0.341 e. The molecule has 1 amide bonds. The van der Waals surface area contributed by atoms with Crippen LogP contribution < -0.4 is 14.9 Å². The van der Waals surface area contributed by atoms with E-state index in [2.05, 4.69) is 10.5 Å². The first-order chi connectivity index (χ1) is 14.5. The number of hydrazone groups is 1. The Kier molecular flexibility index (Phi) is 7.07. The van der Waals surface area contributed by atoms with Crippen LogP contribution in [-0.2, 0) is 4.79 Å². The second kappa shape index (κ2) is 9.92. The third kappa shape index (κ3) is 5.17. The van der Waals surface area contributed by atoms with E-state index < -0.39 is 12.6 Å². The van der Waals surface area contributed by atoms with Crippen LogP contribution in [0.15, 0.2) is 66.0 Å². The number of carboxylic acids is 1. The molecule has 0 spiro atoms. The van der Waals surface area contributed by atoms with E-state index >= 15 is 0 Å². The molecule has 0 aliphatic rings. The van der Waals surface area contributed by atoms with Gasteiger partial charge in [0.2, 0.25) is 0 Å². The molecule has 0 radical (unpaired) electrons. The van der Waals surface area contributed by atoms with Crippen LogP contribution in [0.25, 0.3) is 5.69 Å². The molecule has 0 saturated carbocycles. The first-order valence-corrected chi connectivity index (χ1v) is 9.85. The number of ether oxygens (including phenoxy) is 2. The van der Waals surface area contributed by atoms with Gasteiger partial charge in [0.05, 0.1) is 28.1 Å². The topological polar surface area (TPSA) is 102 Å². The van der Waals surface area contributed by atoms with Crippen LogP contribution in [0.5, 0.6) is 11.5 Å². The van der Waals surface area contributed by atoms with Crippen molar-refractivity contribution < 1.29 is 24.2 Å². The Labute approximate surface area is 186 Å². The maximum absolute atomic E-state index is 12.6. The minimum atomic E-state index is -1.08. The van der Waals surface area contributed by atoms with Gasteiger partial charge in [-0.2, -0.15) is 5.10 Å². The van der Waals surface area contributed by atoms with Gasteiger partial charge in [0.15, 0.2) is 18.1 Å². The van der Waals surface area contributed by atoms with Crippen LogP contribution in [0, 0.1) is 3.57 Å². The summed E-state index contributed by atoms with van der Waals surface area (Å²) in [5, 5.41) is 12.8. The van der Waals surface area contributed by atoms with Crippen LogP contribution in [0.1, 0.15) is 15.9 Å². The zero-order valence-electron chi connectivity index (χ0n) is 15.9. The summed E-state index contributed by atoms with van der Waals surface area (Å²) >= 11 is 2.02. The lowest BCUT2D eigenvalue weighted by molar-refractivity contribution is -0.139. The summed E-state index contributed by atoms with van der Waals surface area (Å²) < 4.78 is 13.1. The van der Waals surface area contributed by atoms with Gasteiger partial charge < -0.3 is 19.1 Å². The Bertz CT molecular complexity index is 1080. The Hall–Kier alpha value is -3.34. The molecule has 0 atom stereocenters. The fourth-order valence-corrected chi connectivity index (χ4v) is 3.48. The van der Waals surface area contributed by atoms with Crippen LogP contribution in [0.3, 0.4) is 0 Å². The van der Waals surface area contributed by atoms with Gasteiger partial charge in [-0.15, -0.1) is 0 Å². The van der Waals surface area contributed by atoms with Crippen molar-refractivity contribution in [1.29, 1.82) is 0 Å². The highest BCUT2D eigenvalue weighted by Gasteiger charge is 2.13. The van der Waals surface area contributed by atoms with Gasteiger partial charge in [-0.1, -0.05) is 12.1 Å². The van der Waals surface area contributed by atoms with E-state index in [-0.39, 0.29) is 5.91 Å². The van der Waals surface area contributed by atoms with Crippen molar-refractivity contribution in [3.63, 3.8) is 0 Å². The average molecular weight is 519 g/mol. The van der Waals surface area contributed by atoms with Crippen LogP contribution >= 0.6 is 22.6 Å². The SMILES string of the molecule is COc1cc(/C=N\NC(=O)c2ccccc2-n2cccc2)cc(I)c1OCC(=O)O. The van der Waals surface area contributed by atoms with Gasteiger partial charge in [-0.25, -0.2) is 10.2 Å². The number of carboxylic acid groups (broad SMARTS) is 1. The molecule has 0 fully saturated rings. The third-order valence-electron chi connectivity index (χ3n) is 4.00. The fraction of sp³-hybridized carbons (Fsp3) is 0.0952. The number of para-hydroxylation sites is 1. The number of carbonyl (C=O) groups is 2. The average Bonchev–Trinajstić information content (AvgIpc) is 3.27. The van der Waals surface area contributed by atoms with Crippen LogP contribution in [-0.4, -0.2) is 41.5 Å². The van der Waals surface area contributed by atoms with Crippen molar-refractivity contribution in [2.45, 2.75) is 0 Å². The van der Waals surface area contributed by atoms with Gasteiger partial charge in [-0.05, 0) is 64.6 Å². The zero-order valence-corrected chi connectivity index (χ0v) is 18.1. The van der Waals surface area contributed by atoms with Crippen molar-refractivity contribution >= 4 is 40.7 Å². The van der Waals surface area contributed by atoms with Gasteiger partial charge >= 0.3 is 5.97 Å². The number of nitrogens with one attached hydrogen (secondary N) is 1. The van der Waals surface area contributed by atoms with Crippen molar-refractivity contribution in [2.75, 3.05) is 13.7 Å². The second-order valence-corrected chi connectivity index (χ2v) is 7.19. The standard InChI is InChI=1S/C21H18IN3O5/c1-29-18-11-14(10-16(22)20(18)30-13-19(26)27)12-23-24-21(28)15-6-2-3-7-17(15)25-8-4-5-9-25/h2-12H,13H2,1H3,(H,24,28)(H,26,27)/b23-12-. The predicted molar refractivity (Wildman–Crippen MR) is 120 cm³/mol. The van der Waals surface area contributed by atoms with E-state index in [0.29, 0.717) is 26.2 Å². The molecule has 9 heteroatoms. The Morgan fingerprint density at radius 1 is 1.20 bits per heavy atom. The molecule has 0 saturated heterocycles. The zero-order chi connectivity index (χ0) is 21.5. The molecule has 8 nitrogen and oxygen atoms in total. The number of aliphatic carboxylic acids is 1. The minimum absolute atomic E-state index is 0.335. The third-order valence-corrected chi connectivity index (χ3v) is 4.80. The first-order valence-electron chi connectivity index (χ1n) is 8.77. The Morgan fingerprint density at radius 3 is 2.63 bits per heavy atom. The molecule has 30 heavy (non-hydrogen) atoms. The molecule has 0 aliphatic heterocycles. The highest BCUT2D eigenvalue weighted by atomic mass is 127. The van der Waals surface area contributed by atoms with E-state index in [0.717, 1.165) is 5.69 Å². The molecule has 0 bridgehead atoms. The molecule has 1 heterocycles. The number of benzene rings is 2. The molecule has 0 unspecified atom stereocenters. The number of methoxy groups -OCH3 is 1. The highest BCUT2D eigenvalue weighted by Crippen LogP contribution is 2.33. The number of aromatic nitrogens is 1. The second-order valence-electron chi connectivity index (χ2n) is 6.02. The largest absolute Gasteiger partial charge is 0.493 e. The lowest BCUT2D eigenvalue weighted by Gasteiger charge is -2.12. The Balaban J connectivity index is 1.75. The lowest BCUT2D eigenvalue weighted by Crippen LogP contribution is -2.19. The fourth-order valence-electron chi connectivity index (χ4n) is 2.70. The molecule has 3 rings (SSSR count). The first kappa shape index (κ1) is 21.4. The normalized spacial score (nSPS) is 10.7. The van der Waals surface area contributed by atoms with Gasteiger partial charge in [0, 0.05) is 12.4 Å². The number of nitrogens with zero attached hydrogens (tertiary/aromatic N) is 2. The summed E-state index contributed by atoms with van der Waals surface area (Å²) in [6.45, 7) is -0.476. The summed E-state index contributed by atoms with van der Waals surface area (Å²) in [6, 6.07) is 14.4. The van der Waals surface area contributed by atoms with Gasteiger partial charge in [0.25, 0.3) is 5.91 Å². The Morgan fingerprint density at radius 2 is 1.93 bits per heavy atom. The van der Waals surface area contributed by atoms with E-state index in [1.54, 1.807) is 24.3 Å². The maximum atomic E-state index is 12.6. The summed E-state index contributed by atoms with van der Waals surface area (Å²) in [5.74, 6) is -0.726. The molecule has 2 aromatic carbocycles. The minimum Gasteiger partial charge on any atom is -0.493 e. The molecule has 2 N–H and O–H groups in total. The molecular formula is C21H18IN3O5. The van der Waals surface area contributed by atoms with Gasteiger partial charge in [0.1, 0.15) is 0 Å². The quantitative estimate of drug-likeness (QED) is 0.270. The smallest absolute Gasteiger partial charge is 0.341 e. The van der Waals surface area contributed by atoms with Crippen molar-refractivity contribution in [3.8, 4) is 17.2 Å². The number of carbonyl (C=O) groups excluding carboxylic acids is 1. The summed E-state index contributed by atoms with van der Waals surface area (Å²) in [4.78, 5) is 23.3. The van der Waals surface area contributed by atoms with Crippen LogP contribution in [0.2, 0.25) is 0 Å². The number of amides is 1. The molecule has 154 valence electrons. The summed E-state index contributed by atoms with van der Waals surface area (Å²) in [6.07, 6.45) is 5.19. The number of rotatable bonds is 8. The highest BCUT2D eigenvalue weighted by molar-refractivity contribution is 14.1. The number of halogens is 1. The lowest BCUT2D eigenvalue weighted by atomic mass is 10.1. The van der Waals surface area contributed by atoms with Crippen LogP contribution in [0.4, 0.5) is 0 Å². The van der Waals surface area contributed by atoms with E-state index in [4.69, 9.17) is 14.6 Å². The van der Waals surface area contributed by atoms with Crippen molar-refractivity contribution in [2.24, 2.45) is 5.10 Å². The molecular weight excluding hydrogens is 501 g/mol. The summed E-state index contributed by atoms with van der Waals surface area (Å²) in [7, 11) is 1.46. The predicted octanol–water partition coefficient (Wildman–Crippen LogP) is 3.32. The summed E-state index contributed by atoms with van der Waals surface area (Å²) in [5.41, 5.74) is 4.40. The van der Waals surface area contributed by atoms with E-state index in [1.165, 1.54) is 13.3 Å². The van der Waals surface area contributed by atoms with E-state index in [9.17, 15) is 9.59 Å². The molecule has 0 aliphatic carbocycles. The monoisotopic (exact) mass is 519 g/mol. The van der Waals surface area contributed by atoms with Crippen molar-refractivity contribution in [3.05, 3.63) is 75.6 Å². The van der Waals surface area contributed by atoms with E-state index in [1.807, 2.05) is 63.8 Å². The number of hydrogen-bond donors (Lipinski definition) is 2. The van der Waals surface area contributed by atoms with Crippen molar-refractivity contribution in [1.82, 2.24) is 9.99 Å². The molecule has 1 aromatic heterocycles.